The number of carbonyl (C=O) groups excluding carboxylic acids is 1. The van der Waals surface area contributed by atoms with Crippen molar-refractivity contribution in [2.24, 2.45) is 0 Å². The van der Waals surface area contributed by atoms with Gasteiger partial charge in [0.15, 0.2) is 0 Å². The second kappa shape index (κ2) is 3.34. The molecule has 0 unspecified atom stereocenters. The molecule has 0 atom stereocenters. The maximum absolute atomic E-state index is 11.6. The average molecular weight is 207 g/mol. The average Bonchev–Trinajstić information content (AvgIpc) is 2.59. The molecule has 2 aromatic heterocycles. The summed E-state index contributed by atoms with van der Waals surface area (Å²) >= 11 is 1.39. The fourth-order valence-corrected chi connectivity index (χ4v) is 2.11. The largest absolute Gasteiger partial charge is 0.344 e. The molecule has 2 rings (SSSR count). The lowest BCUT2D eigenvalue weighted by Crippen LogP contribution is -2.20. The summed E-state index contributed by atoms with van der Waals surface area (Å²) in [4.78, 5) is 22.7. The summed E-state index contributed by atoms with van der Waals surface area (Å²) in [5.74, 6) is 0.00741. The minimum Gasteiger partial charge on any atom is -0.344 e. The Kier molecular flexibility index (Phi) is 2.17. The summed E-state index contributed by atoms with van der Waals surface area (Å²) in [5.41, 5.74) is 0. The second-order valence-electron chi connectivity index (χ2n) is 3.09. The van der Waals surface area contributed by atoms with Crippen LogP contribution in [-0.2, 0) is 0 Å². The Labute approximate surface area is 85.2 Å². The van der Waals surface area contributed by atoms with E-state index in [-0.39, 0.29) is 5.91 Å². The Morgan fingerprint density at radius 2 is 2.29 bits per heavy atom. The standard InChI is InChI=1S/C9H9N3OS/c1-12(2)9(13)7-3-6-4-10-5-11-8(6)14-7/h3-5H,1-2H3. The van der Waals surface area contributed by atoms with E-state index in [2.05, 4.69) is 9.97 Å². The van der Waals surface area contributed by atoms with Crippen molar-refractivity contribution >= 4 is 27.5 Å². The van der Waals surface area contributed by atoms with E-state index in [1.807, 2.05) is 6.07 Å². The van der Waals surface area contributed by atoms with E-state index in [4.69, 9.17) is 0 Å². The summed E-state index contributed by atoms with van der Waals surface area (Å²) in [7, 11) is 3.47. The molecule has 0 bridgehead atoms. The third kappa shape index (κ3) is 1.46. The lowest BCUT2D eigenvalue weighted by atomic mass is 10.3. The van der Waals surface area contributed by atoms with E-state index < -0.39 is 0 Å². The van der Waals surface area contributed by atoms with Crippen LogP contribution in [0.2, 0.25) is 0 Å². The van der Waals surface area contributed by atoms with Crippen LogP contribution >= 0.6 is 11.3 Å². The zero-order valence-electron chi connectivity index (χ0n) is 7.89. The van der Waals surface area contributed by atoms with Crippen molar-refractivity contribution in [3.8, 4) is 0 Å². The molecule has 0 aromatic carbocycles. The number of thiophene rings is 1. The predicted molar refractivity (Wildman–Crippen MR) is 55.4 cm³/mol. The van der Waals surface area contributed by atoms with E-state index in [1.54, 1.807) is 25.2 Å². The van der Waals surface area contributed by atoms with Gasteiger partial charge < -0.3 is 4.90 Å². The fraction of sp³-hybridized carbons (Fsp3) is 0.222. The van der Waals surface area contributed by atoms with Crippen LogP contribution in [0.4, 0.5) is 0 Å². The number of aromatic nitrogens is 2. The van der Waals surface area contributed by atoms with Crippen molar-refractivity contribution in [1.82, 2.24) is 14.9 Å². The summed E-state index contributed by atoms with van der Waals surface area (Å²) in [6.45, 7) is 0. The molecule has 2 aromatic rings. The van der Waals surface area contributed by atoms with Gasteiger partial charge in [-0.15, -0.1) is 11.3 Å². The summed E-state index contributed by atoms with van der Waals surface area (Å²) in [6, 6.07) is 1.82. The number of hydrogen-bond donors (Lipinski definition) is 0. The lowest BCUT2D eigenvalue weighted by molar-refractivity contribution is 0.0832. The Bertz CT molecular complexity index is 445. The molecule has 0 N–H and O–H groups in total. The van der Waals surface area contributed by atoms with E-state index in [0.29, 0.717) is 4.88 Å². The van der Waals surface area contributed by atoms with Gasteiger partial charge in [-0.2, -0.15) is 0 Å². The third-order valence-electron chi connectivity index (χ3n) is 1.81. The third-order valence-corrected chi connectivity index (χ3v) is 2.86. The molecule has 0 saturated heterocycles. The van der Waals surface area contributed by atoms with Crippen LogP contribution in [0.15, 0.2) is 18.6 Å². The van der Waals surface area contributed by atoms with E-state index in [9.17, 15) is 4.79 Å². The zero-order chi connectivity index (χ0) is 10.1. The van der Waals surface area contributed by atoms with Gasteiger partial charge in [-0.05, 0) is 6.07 Å². The van der Waals surface area contributed by atoms with E-state index in [0.717, 1.165) is 10.2 Å². The smallest absolute Gasteiger partial charge is 0.263 e. The molecular weight excluding hydrogens is 198 g/mol. The van der Waals surface area contributed by atoms with Gasteiger partial charge in [0.2, 0.25) is 0 Å². The highest BCUT2D eigenvalue weighted by Gasteiger charge is 2.12. The van der Waals surface area contributed by atoms with Crippen molar-refractivity contribution in [3.63, 3.8) is 0 Å². The van der Waals surface area contributed by atoms with Gasteiger partial charge in [-0.25, -0.2) is 9.97 Å². The number of rotatable bonds is 1. The minimum absolute atomic E-state index is 0.00741. The number of fused-ring (bicyclic) bond motifs is 1. The van der Waals surface area contributed by atoms with Gasteiger partial charge in [-0.1, -0.05) is 0 Å². The minimum atomic E-state index is 0.00741. The van der Waals surface area contributed by atoms with Crippen LogP contribution in [0.25, 0.3) is 10.2 Å². The quantitative estimate of drug-likeness (QED) is 0.710. The molecule has 5 heteroatoms. The SMILES string of the molecule is CN(C)C(=O)c1cc2cncnc2s1. The molecule has 0 aliphatic heterocycles. The van der Waals surface area contributed by atoms with Crippen LogP contribution in [0, 0.1) is 0 Å². The van der Waals surface area contributed by atoms with E-state index in [1.165, 1.54) is 17.7 Å². The first kappa shape index (κ1) is 9.08. The molecule has 72 valence electrons. The predicted octanol–water partition coefficient (Wildman–Crippen LogP) is 1.39. The number of nitrogens with zero attached hydrogens (tertiary/aromatic N) is 3. The van der Waals surface area contributed by atoms with Gasteiger partial charge in [0, 0.05) is 25.7 Å². The monoisotopic (exact) mass is 207 g/mol. The second-order valence-corrected chi connectivity index (χ2v) is 4.12. The molecule has 1 amide bonds. The van der Waals surface area contributed by atoms with Crippen LogP contribution in [0.3, 0.4) is 0 Å². The highest BCUT2D eigenvalue weighted by atomic mass is 32.1. The summed E-state index contributed by atoms with van der Waals surface area (Å²) in [6.07, 6.45) is 3.20. The number of hydrogen-bond acceptors (Lipinski definition) is 4. The van der Waals surface area contributed by atoms with Crippen LogP contribution < -0.4 is 0 Å². The first-order chi connectivity index (χ1) is 6.68. The van der Waals surface area contributed by atoms with Crippen LogP contribution in [-0.4, -0.2) is 34.9 Å². The maximum atomic E-state index is 11.6. The lowest BCUT2D eigenvalue weighted by Gasteiger charge is -2.06. The molecule has 0 fully saturated rings. The molecule has 14 heavy (non-hydrogen) atoms. The van der Waals surface area contributed by atoms with Crippen molar-refractivity contribution in [1.29, 1.82) is 0 Å². The summed E-state index contributed by atoms with van der Waals surface area (Å²) in [5, 5.41) is 0.919. The zero-order valence-corrected chi connectivity index (χ0v) is 8.71. The molecule has 0 radical (unpaired) electrons. The highest BCUT2D eigenvalue weighted by molar-refractivity contribution is 7.20. The van der Waals surface area contributed by atoms with Crippen molar-refractivity contribution in [2.75, 3.05) is 14.1 Å². The van der Waals surface area contributed by atoms with Crippen molar-refractivity contribution in [3.05, 3.63) is 23.5 Å². The molecule has 0 aliphatic carbocycles. The number of amides is 1. The Hall–Kier alpha value is -1.49. The Morgan fingerprint density at radius 3 is 2.93 bits per heavy atom. The summed E-state index contributed by atoms with van der Waals surface area (Å²) < 4.78 is 0. The van der Waals surface area contributed by atoms with Gasteiger partial charge in [0.05, 0.1) is 4.88 Å². The van der Waals surface area contributed by atoms with Gasteiger partial charge in [-0.3, -0.25) is 4.79 Å². The first-order valence-electron chi connectivity index (χ1n) is 4.09. The Balaban J connectivity index is 2.50. The molecular formula is C9H9N3OS. The maximum Gasteiger partial charge on any atom is 0.263 e. The molecule has 4 nitrogen and oxygen atoms in total. The molecule has 0 aliphatic rings. The van der Waals surface area contributed by atoms with Gasteiger partial charge in [0.1, 0.15) is 11.2 Å². The normalized spacial score (nSPS) is 10.4. The Morgan fingerprint density at radius 1 is 1.50 bits per heavy atom. The fourth-order valence-electron chi connectivity index (χ4n) is 1.11. The van der Waals surface area contributed by atoms with E-state index >= 15 is 0 Å². The molecule has 0 saturated carbocycles. The van der Waals surface area contributed by atoms with Crippen molar-refractivity contribution in [2.45, 2.75) is 0 Å². The van der Waals surface area contributed by atoms with Crippen LogP contribution in [0.5, 0.6) is 0 Å². The topological polar surface area (TPSA) is 46.1 Å². The van der Waals surface area contributed by atoms with Gasteiger partial charge >= 0.3 is 0 Å². The van der Waals surface area contributed by atoms with Gasteiger partial charge in [0.25, 0.3) is 5.91 Å². The molecule has 0 spiro atoms. The van der Waals surface area contributed by atoms with Crippen LogP contribution in [0.1, 0.15) is 9.67 Å². The highest BCUT2D eigenvalue weighted by Crippen LogP contribution is 2.23. The first-order valence-corrected chi connectivity index (χ1v) is 4.91. The molecule has 2 heterocycles. The number of carbonyl (C=O) groups is 1. The van der Waals surface area contributed by atoms with Crippen molar-refractivity contribution < 1.29 is 4.79 Å².